The molecule has 10 heteroatoms. The molecule has 1 aromatic carbocycles. The summed E-state index contributed by atoms with van der Waals surface area (Å²) in [4.78, 5) is 16.9. The largest absolute Gasteiger partial charge is 0.497 e. The van der Waals surface area contributed by atoms with Crippen molar-refractivity contribution in [2.24, 2.45) is 7.05 Å². The monoisotopic (exact) mass is 443 g/mol. The standard InChI is InChI=1S/C21H25N5O4S/c1-15-21(16(2)25(3)24-15)31(28,29)26(18-8-10-19(30-4)11-9-18)14-20(27)23-13-17-7-5-6-12-22-17/h5-12H,13-14H2,1-4H3,(H,23,27). The third-order valence-electron chi connectivity index (χ3n) is 4.83. The van der Waals surface area contributed by atoms with Gasteiger partial charge in [0.05, 0.1) is 36.4 Å². The van der Waals surface area contributed by atoms with Crippen molar-refractivity contribution in [2.75, 3.05) is 18.0 Å². The van der Waals surface area contributed by atoms with Crippen LogP contribution < -0.4 is 14.4 Å². The van der Waals surface area contributed by atoms with Gasteiger partial charge in [-0.05, 0) is 50.2 Å². The number of rotatable bonds is 8. The molecule has 0 fully saturated rings. The number of sulfonamides is 1. The fourth-order valence-electron chi connectivity index (χ4n) is 3.18. The van der Waals surface area contributed by atoms with Crippen LogP contribution >= 0.6 is 0 Å². The molecule has 0 bridgehead atoms. The highest BCUT2D eigenvalue weighted by Gasteiger charge is 2.32. The van der Waals surface area contributed by atoms with Crippen LogP contribution in [0.4, 0.5) is 5.69 Å². The molecule has 3 rings (SSSR count). The summed E-state index contributed by atoms with van der Waals surface area (Å²) in [6.45, 7) is 3.11. The Balaban J connectivity index is 1.93. The molecule has 0 saturated heterocycles. The van der Waals surface area contributed by atoms with E-state index in [0.29, 0.717) is 28.5 Å². The molecule has 2 heterocycles. The summed E-state index contributed by atoms with van der Waals surface area (Å²) >= 11 is 0. The quantitative estimate of drug-likeness (QED) is 0.570. The number of aromatic nitrogens is 3. The Hall–Kier alpha value is -3.40. The Labute approximate surface area is 181 Å². The molecule has 1 N–H and O–H groups in total. The number of nitrogens with one attached hydrogen (secondary N) is 1. The van der Waals surface area contributed by atoms with Crippen molar-refractivity contribution >= 4 is 21.6 Å². The maximum absolute atomic E-state index is 13.6. The van der Waals surface area contributed by atoms with Crippen LogP contribution in [-0.4, -0.2) is 42.7 Å². The SMILES string of the molecule is COc1ccc(N(CC(=O)NCc2ccccn2)S(=O)(=O)c2c(C)nn(C)c2C)cc1. The van der Waals surface area contributed by atoms with E-state index in [2.05, 4.69) is 15.4 Å². The van der Waals surface area contributed by atoms with E-state index in [1.165, 1.54) is 11.8 Å². The average Bonchev–Trinajstić information content (AvgIpc) is 3.03. The molecule has 9 nitrogen and oxygen atoms in total. The van der Waals surface area contributed by atoms with Gasteiger partial charge in [-0.3, -0.25) is 18.8 Å². The van der Waals surface area contributed by atoms with Crippen molar-refractivity contribution in [3.63, 3.8) is 0 Å². The number of carbonyl (C=O) groups excluding carboxylic acids is 1. The van der Waals surface area contributed by atoms with Gasteiger partial charge in [-0.1, -0.05) is 6.07 Å². The summed E-state index contributed by atoms with van der Waals surface area (Å²) < 4.78 is 35.0. The number of anilines is 1. The normalized spacial score (nSPS) is 11.2. The molecule has 3 aromatic rings. The number of hydrogen-bond donors (Lipinski definition) is 1. The smallest absolute Gasteiger partial charge is 0.268 e. The number of ether oxygens (including phenoxy) is 1. The summed E-state index contributed by atoms with van der Waals surface area (Å²) in [6.07, 6.45) is 1.63. The second-order valence-corrected chi connectivity index (χ2v) is 8.73. The van der Waals surface area contributed by atoms with Crippen molar-refractivity contribution < 1.29 is 17.9 Å². The number of amides is 1. The summed E-state index contributed by atoms with van der Waals surface area (Å²) in [5, 5.41) is 6.94. The molecular formula is C21H25N5O4S. The molecule has 0 unspecified atom stereocenters. The zero-order valence-corrected chi connectivity index (χ0v) is 18.7. The molecule has 0 spiro atoms. The Morgan fingerprint density at radius 2 is 1.87 bits per heavy atom. The molecule has 0 saturated carbocycles. The lowest BCUT2D eigenvalue weighted by Crippen LogP contribution is -2.41. The lowest BCUT2D eigenvalue weighted by Gasteiger charge is -2.24. The van der Waals surface area contributed by atoms with Crippen LogP contribution in [0.5, 0.6) is 5.75 Å². The zero-order chi connectivity index (χ0) is 22.6. The van der Waals surface area contributed by atoms with E-state index >= 15 is 0 Å². The highest BCUT2D eigenvalue weighted by Crippen LogP contribution is 2.28. The molecule has 0 aliphatic carbocycles. The predicted molar refractivity (Wildman–Crippen MR) is 116 cm³/mol. The Kier molecular flexibility index (Phi) is 6.59. The van der Waals surface area contributed by atoms with Gasteiger partial charge in [0.2, 0.25) is 5.91 Å². The van der Waals surface area contributed by atoms with Gasteiger partial charge in [-0.25, -0.2) is 8.42 Å². The summed E-state index contributed by atoms with van der Waals surface area (Å²) in [5.41, 5.74) is 1.88. The number of carbonyl (C=O) groups is 1. The number of nitrogens with zero attached hydrogens (tertiary/aromatic N) is 4. The van der Waals surface area contributed by atoms with Gasteiger partial charge in [0, 0.05) is 13.2 Å². The summed E-state index contributed by atoms with van der Waals surface area (Å²) in [5.74, 6) is 0.124. The minimum atomic E-state index is -4.06. The molecule has 0 aliphatic heterocycles. The van der Waals surface area contributed by atoms with Crippen molar-refractivity contribution in [2.45, 2.75) is 25.3 Å². The lowest BCUT2D eigenvalue weighted by molar-refractivity contribution is -0.119. The van der Waals surface area contributed by atoms with Gasteiger partial charge in [-0.15, -0.1) is 0 Å². The maximum Gasteiger partial charge on any atom is 0.268 e. The number of benzene rings is 1. The van der Waals surface area contributed by atoms with Crippen molar-refractivity contribution in [3.8, 4) is 5.75 Å². The highest BCUT2D eigenvalue weighted by atomic mass is 32.2. The number of pyridine rings is 1. The maximum atomic E-state index is 13.6. The molecular weight excluding hydrogens is 418 g/mol. The zero-order valence-electron chi connectivity index (χ0n) is 17.9. The van der Waals surface area contributed by atoms with Gasteiger partial charge in [0.1, 0.15) is 17.2 Å². The van der Waals surface area contributed by atoms with E-state index in [0.717, 1.165) is 4.31 Å². The van der Waals surface area contributed by atoms with Crippen molar-refractivity contribution in [1.82, 2.24) is 20.1 Å². The van der Waals surface area contributed by atoms with E-state index in [4.69, 9.17) is 4.74 Å². The number of hydrogen-bond acceptors (Lipinski definition) is 6. The molecule has 2 aromatic heterocycles. The molecule has 0 radical (unpaired) electrons. The third kappa shape index (κ3) is 4.85. The van der Waals surface area contributed by atoms with Gasteiger partial charge in [-0.2, -0.15) is 5.10 Å². The second kappa shape index (κ2) is 9.17. The van der Waals surface area contributed by atoms with E-state index in [-0.39, 0.29) is 11.4 Å². The van der Waals surface area contributed by atoms with Crippen LogP contribution in [0.2, 0.25) is 0 Å². The predicted octanol–water partition coefficient (Wildman–Crippen LogP) is 1.95. The van der Waals surface area contributed by atoms with Gasteiger partial charge < -0.3 is 10.1 Å². The van der Waals surface area contributed by atoms with E-state index in [1.807, 2.05) is 6.07 Å². The highest BCUT2D eigenvalue weighted by molar-refractivity contribution is 7.93. The number of aryl methyl sites for hydroxylation is 2. The van der Waals surface area contributed by atoms with Crippen LogP contribution in [0.1, 0.15) is 17.1 Å². The van der Waals surface area contributed by atoms with E-state index < -0.39 is 22.5 Å². The average molecular weight is 444 g/mol. The molecule has 164 valence electrons. The van der Waals surface area contributed by atoms with Gasteiger partial charge >= 0.3 is 0 Å². The Morgan fingerprint density at radius 1 is 1.16 bits per heavy atom. The van der Waals surface area contributed by atoms with Crippen LogP contribution in [-0.2, 0) is 28.4 Å². The molecule has 0 atom stereocenters. The fourth-order valence-corrected chi connectivity index (χ4v) is 5.01. The number of methoxy groups -OCH3 is 1. The van der Waals surface area contributed by atoms with Crippen molar-refractivity contribution in [3.05, 3.63) is 65.7 Å². The lowest BCUT2D eigenvalue weighted by atomic mass is 10.3. The summed E-state index contributed by atoms with van der Waals surface area (Å²) in [7, 11) is -0.856. The second-order valence-electron chi connectivity index (χ2n) is 6.93. The first kappa shape index (κ1) is 22.3. The third-order valence-corrected chi connectivity index (χ3v) is 6.86. The molecule has 0 aliphatic rings. The first-order valence-electron chi connectivity index (χ1n) is 9.57. The van der Waals surface area contributed by atoms with Crippen molar-refractivity contribution in [1.29, 1.82) is 0 Å². The van der Waals surface area contributed by atoms with Crippen LogP contribution in [0.15, 0.2) is 53.6 Å². The molecule has 1 amide bonds. The molecule has 31 heavy (non-hydrogen) atoms. The van der Waals surface area contributed by atoms with Crippen LogP contribution in [0.25, 0.3) is 0 Å². The first-order chi connectivity index (χ1) is 14.7. The minimum absolute atomic E-state index is 0.0864. The summed E-state index contributed by atoms with van der Waals surface area (Å²) in [6, 6.07) is 11.9. The first-order valence-corrected chi connectivity index (χ1v) is 11.0. The Morgan fingerprint density at radius 3 is 2.42 bits per heavy atom. The van der Waals surface area contributed by atoms with Crippen LogP contribution in [0.3, 0.4) is 0 Å². The topological polar surface area (TPSA) is 106 Å². The van der Waals surface area contributed by atoms with E-state index in [1.54, 1.807) is 63.5 Å². The van der Waals surface area contributed by atoms with Gasteiger partial charge in [0.15, 0.2) is 0 Å². The minimum Gasteiger partial charge on any atom is -0.497 e. The van der Waals surface area contributed by atoms with Gasteiger partial charge in [0.25, 0.3) is 10.0 Å². The fraction of sp³-hybridized carbons (Fsp3) is 0.286. The van der Waals surface area contributed by atoms with Crippen LogP contribution in [0, 0.1) is 13.8 Å². The van der Waals surface area contributed by atoms with E-state index in [9.17, 15) is 13.2 Å². The Bertz CT molecular complexity index is 1160.